The number of H-pyrrole nitrogens is 1. The number of benzene rings is 3. The van der Waals surface area contributed by atoms with E-state index >= 15 is 0 Å². The lowest BCUT2D eigenvalue weighted by Crippen LogP contribution is -2.32. The zero-order chi connectivity index (χ0) is 26.2. The molecule has 0 spiro atoms. The van der Waals surface area contributed by atoms with Crippen LogP contribution >= 0.6 is 23.1 Å². The van der Waals surface area contributed by atoms with Crippen molar-refractivity contribution in [1.29, 1.82) is 0 Å². The summed E-state index contributed by atoms with van der Waals surface area (Å²) in [6.45, 7) is -0.249. The van der Waals surface area contributed by atoms with Gasteiger partial charge in [-0.05, 0) is 30.3 Å². The summed E-state index contributed by atoms with van der Waals surface area (Å²) < 4.78 is 5.96. The fraction of sp³-hybridized carbons (Fsp3) is 0.143. The second-order valence-corrected chi connectivity index (χ2v) is 11.0. The minimum absolute atomic E-state index is 0.249. The predicted octanol–water partition coefficient (Wildman–Crippen LogP) is 4.25. The first-order chi connectivity index (χ1) is 18.5. The van der Waals surface area contributed by atoms with Crippen LogP contribution in [0.4, 0.5) is 11.4 Å². The van der Waals surface area contributed by atoms with Crippen molar-refractivity contribution in [2.24, 2.45) is 5.92 Å². The molecule has 0 aliphatic carbocycles. The van der Waals surface area contributed by atoms with Gasteiger partial charge < -0.3 is 15.0 Å². The summed E-state index contributed by atoms with van der Waals surface area (Å²) in [5, 5.41) is 2.66. The lowest BCUT2D eigenvalue weighted by molar-refractivity contribution is -0.122. The molecule has 10 heteroatoms. The Hall–Kier alpha value is -4.15. The summed E-state index contributed by atoms with van der Waals surface area (Å²) in [6, 6.07) is 25.0. The van der Waals surface area contributed by atoms with Gasteiger partial charge >= 0.3 is 4.87 Å². The summed E-state index contributed by atoms with van der Waals surface area (Å²) >= 11 is 2.25. The topological polar surface area (TPSA) is 109 Å². The molecule has 3 aromatic carbocycles. The number of fused-ring (bicyclic) bond motifs is 2. The van der Waals surface area contributed by atoms with E-state index < -0.39 is 17.1 Å². The van der Waals surface area contributed by atoms with Crippen LogP contribution in [0.15, 0.2) is 94.7 Å². The third-order valence-corrected chi connectivity index (χ3v) is 8.91. The third kappa shape index (κ3) is 4.31. The van der Waals surface area contributed by atoms with Crippen LogP contribution in [0, 0.1) is 5.92 Å². The van der Waals surface area contributed by atoms with Gasteiger partial charge in [0.15, 0.2) is 6.61 Å². The highest BCUT2D eigenvalue weighted by molar-refractivity contribution is 8.00. The molecule has 2 unspecified atom stereocenters. The Morgan fingerprint density at radius 2 is 1.58 bits per heavy atom. The molecular formula is C28H21N3O5S2. The summed E-state index contributed by atoms with van der Waals surface area (Å²) in [6.07, 6.45) is 0. The van der Waals surface area contributed by atoms with Crippen molar-refractivity contribution in [3.8, 4) is 5.75 Å². The van der Waals surface area contributed by atoms with Crippen molar-refractivity contribution < 1.29 is 19.1 Å². The van der Waals surface area contributed by atoms with E-state index in [-0.39, 0.29) is 29.2 Å². The number of rotatable bonds is 6. The Balaban J connectivity index is 1.35. The fourth-order valence-electron chi connectivity index (χ4n) is 4.91. The molecule has 4 aromatic rings. The number of para-hydroxylation sites is 3. The van der Waals surface area contributed by atoms with E-state index in [1.54, 1.807) is 48.5 Å². The van der Waals surface area contributed by atoms with Crippen LogP contribution in [0.3, 0.4) is 0 Å². The van der Waals surface area contributed by atoms with Gasteiger partial charge in [0, 0.05) is 22.0 Å². The molecule has 3 atom stereocenters. The highest BCUT2D eigenvalue weighted by atomic mass is 32.2. The molecule has 0 bridgehead atoms. The molecule has 8 nitrogen and oxygen atoms in total. The van der Waals surface area contributed by atoms with Crippen molar-refractivity contribution in [3.63, 3.8) is 0 Å². The maximum atomic E-state index is 13.8. The molecular weight excluding hydrogens is 522 g/mol. The molecule has 0 saturated carbocycles. The van der Waals surface area contributed by atoms with Crippen molar-refractivity contribution in [1.82, 2.24) is 4.98 Å². The van der Waals surface area contributed by atoms with Crippen molar-refractivity contribution >= 4 is 52.2 Å². The van der Waals surface area contributed by atoms with E-state index in [0.29, 0.717) is 32.6 Å². The van der Waals surface area contributed by atoms with Crippen LogP contribution in [-0.4, -0.2) is 34.6 Å². The second kappa shape index (κ2) is 9.96. The monoisotopic (exact) mass is 543 g/mol. The average Bonchev–Trinajstić information content (AvgIpc) is 3.43. The minimum atomic E-state index is -0.741. The molecule has 0 radical (unpaired) electrons. The number of nitrogens with one attached hydrogen (secondary N) is 2. The first kappa shape index (κ1) is 24.2. The second-order valence-electron chi connectivity index (χ2n) is 8.84. The number of aromatic amines is 1. The molecule has 1 fully saturated rings. The van der Waals surface area contributed by atoms with Gasteiger partial charge in [-0.15, -0.1) is 0 Å². The number of amides is 3. The largest absolute Gasteiger partial charge is 0.483 e. The summed E-state index contributed by atoms with van der Waals surface area (Å²) in [7, 11) is 0. The standard InChI is InChI=1S/C28H21N3O5S2/c32-20(29-16-9-3-1-4-10-16)15-36-19-14-8-7-13-18(19)21-22-24(37-25-23(21)38-28(35)30-25)27(34)31(26(22)33)17-11-5-2-6-12-17/h1-14,21-22,24H,15H2,(H,29,32)(H,30,35)/t21-,22?,24?/m1/s1. The number of nitrogens with zero attached hydrogens (tertiary/aromatic N) is 1. The number of ether oxygens (including phenoxy) is 1. The molecule has 1 saturated heterocycles. The third-order valence-electron chi connectivity index (χ3n) is 6.51. The number of hydrogen-bond acceptors (Lipinski definition) is 7. The molecule has 3 heterocycles. The number of imide groups is 1. The van der Waals surface area contributed by atoms with Crippen LogP contribution in [0.25, 0.3) is 0 Å². The van der Waals surface area contributed by atoms with Gasteiger partial charge in [-0.2, -0.15) is 0 Å². The van der Waals surface area contributed by atoms with Crippen molar-refractivity contribution in [3.05, 3.63) is 105 Å². The van der Waals surface area contributed by atoms with Crippen LogP contribution in [0.2, 0.25) is 0 Å². The van der Waals surface area contributed by atoms with E-state index in [4.69, 9.17) is 4.74 Å². The molecule has 3 amide bonds. The van der Waals surface area contributed by atoms with E-state index in [9.17, 15) is 19.2 Å². The van der Waals surface area contributed by atoms with Crippen LogP contribution < -0.4 is 19.8 Å². The Labute approximate surface area is 225 Å². The normalized spacial score (nSPS) is 20.1. The number of anilines is 2. The summed E-state index contributed by atoms with van der Waals surface area (Å²) in [4.78, 5) is 56.8. The van der Waals surface area contributed by atoms with Gasteiger partial charge in [0.1, 0.15) is 11.0 Å². The van der Waals surface area contributed by atoms with Crippen LogP contribution in [-0.2, 0) is 14.4 Å². The Kier molecular flexibility index (Phi) is 6.34. The number of hydrogen-bond donors (Lipinski definition) is 2. The lowest BCUT2D eigenvalue weighted by atomic mass is 9.82. The zero-order valence-corrected chi connectivity index (χ0v) is 21.5. The number of carbonyl (C=O) groups is 3. The Bertz CT molecular complexity index is 1580. The molecule has 38 heavy (non-hydrogen) atoms. The van der Waals surface area contributed by atoms with Crippen LogP contribution in [0.1, 0.15) is 16.4 Å². The predicted molar refractivity (Wildman–Crippen MR) is 146 cm³/mol. The molecule has 190 valence electrons. The number of carbonyl (C=O) groups excluding carboxylic acids is 3. The zero-order valence-electron chi connectivity index (χ0n) is 19.8. The first-order valence-corrected chi connectivity index (χ1v) is 13.6. The SMILES string of the molecule is O=C(COc1ccccc1[C@H]1c2sc(=O)[nH]c2SC2C(=O)N(c3ccccc3)C(=O)C21)Nc1ccccc1. The first-order valence-electron chi connectivity index (χ1n) is 11.9. The summed E-state index contributed by atoms with van der Waals surface area (Å²) in [5.74, 6) is -1.91. The van der Waals surface area contributed by atoms with Gasteiger partial charge in [0.05, 0.1) is 16.6 Å². The number of aromatic nitrogens is 1. The maximum absolute atomic E-state index is 13.8. The maximum Gasteiger partial charge on any atom is 0.305 e. The number of thioether (sulfide) groups is 1. The summed E-state index contributed by atoms with van der Waals surface area (Å²) in [5.41, 5.74) is 1.80. The van der Waals surface area contributed by atoms with Gasteiger partial charge in [0.25, 0.3) is 5.91 Å². The van der Waals surface area contributed by atoms with Gasteiger partial charge in [0.2, 0.25) is 11.8 Å². The molecule has 1 aromatic heterocycles. The van der Waals surface area contributed by atoms with E-state index in [1.807, 2.05) is 36.4 Å². The van der Waals surface area contributed by atoms with E-state index in [0.717, 1.165) is 11.3 Å². The van der Waals surface area contributed by atoms with E-state index in [2.05, 4.69) is 10.3 Å². The Morgan fingerprint density at radius 1 is 0.895 bits per heavy atom. The lowest BCUT2D eigenvalue weighted by Gasteiger charge is -2.30. The van der Waals surface area contributed by atoms with Gasteiger partial charge in [-0.25, -0.2) is 4.90 Å². The van der Waals surface area contributed by atoms with Gasteiger partial charge in [-0.1, -0.05) is 77.7 Å². The van der Waals surface area contributed by atoms with Crippen molar-refractivity contribution in [2.45, 2.75) is 16.2 Å². The van der Waals surface area contributed by atoms with Gasteiger partial charge in [-0.3, -0.25) is 19.2 Å². The van der Waals surface area contributed by atoms with Crippen molar-refractivity contribution in [2.75, 3.05) is 16.8 Å². The highest BCUT2D eigenvalue weighted by Gasteiger charge is 2.56. The Morgan fingerprint density at radius 3 is 2.34 bits per heavy atom. The molecule has 2 N–H and O–H groups in total. The van der Waals surface area contributed by atoms with Crippen LogP contribution in [0.5, 0.6) is 5.75 Å². The molecule has 2 aliphatic heterocycles. The average molecular weight is 544 g/mol. The molecule has 2 aliphatic rings. The quantitative estimate of drug-likeness (QED) is 0.352. The number of thiazole rings is 1. The highest BCUT2D eigenvalue weighted by Crippen LogP contribution is 2.54. The van der Waals surface area contributed by atoms with E-state index in [1.165, 1.54) is 16.7 Å². The molecule has 6 rings (SSSR count). The minimum Gasteiger partial charge on any atom is -0.483 e. The fourth-order valence-corrected chi connectivity index (χ4v) is 7.42. The smallest absolute Gasteiger partial charge is 0.305 e.